The summed E-state index contributed by atoms with van der Waals surface area (Å²) in [5, 5.41) is 0. The van der Waals surface area contributed by atoms with Crippen molar-refractivity contribution in [3.63, 3.8) is 0 Å². The summed E-state index contributed by atoms with van der Waals surface area (Å²) >= 11 is 3.10. The van der Waals surface area contributed by atoms with Crippen LogP contribution in [0.1, 0.15) is 5.56 Å². The summed E-state index contributed by atoms with van der Waals surface area (Å²) in [6.45, 7) is 0.373. The van der Waals surface area contributed by atoms with Crippen molar-refractivity contribution in [2.45, 2.75) is 13.0 Å². The summed E-state index contributed by atoms with van der Waals surface area (Å²) in [7, 11) is 0. The SMILES string of the molecule is O=c1[nH]cc(Br)c(=O)n1CCc1ccccc1. The van der Waals surface area contributed by atoms with E-state index in [1.807, 2.05) is 30.3 Å². The van der Waals surface area contributed by atoms with E-state index >= 15 is 0 Å². The van der Waals surface area contributed by atoms with Gasteiger partial charge in [-0.15, -0.1) is 0 Å². The van der Waals surface area contributed by atoms with E-state index < -0.39 is 0 Å². The number of nitrogens with zero attached hydrogens (tertiary/aromatic N) is 1. The molecule has 0 amide bonds. The minimum absolute atomic E-state index is 0.301. The average molecular weight is 295 g/mol. The maximum absolute atomic E-state index is 11.7. The molecular formula is C12H11BrN2O2. The van der Waals surface area contributed by atoms with E-state index in [0.717, 1.165) is 5.56 Å². The lowest BCUT2D eigenvalue weighted by molar-refractivity contribution is 0.624. The van der Waals surface area contributed by atoms with E-state index in [0.29, 0.717) is 17.4 Å². The van der Waals surface area contributed by atoms with E-state index in [1.54, 1.807) is 0 Å². The first-order valence-electron chi connectivity index (χ1n) is 5.20. The summed E-state index contributed by atoms with van der Waals surface area (Å²) in [6.07, 6.45) is 2.02. The first-order valence-corrected chi connectivity index (χ1v) is 6.00. The normalized spacial score (nSPS) is 10.4. The van der Waals surface area contributed by atoms with Gasteiger partial charge in [-0.05, 0) is 27.9 Å². The van der Waals surface area contributed by atoms with Crippen molar-refractivity contribution in [3.8, 4) is 0 Å². The molecule has 5 heteroatoms. The highest BCUT2D eigenvalue weighted by molar-refractivity contribution is 9.10. The quantitative estimate of drug-likeness (QED) is 0.934. The van der Waals surface area contributed by atoms with Crippen LogP contribution in [0.4, 0.5) is 0 Å². The Morgan fingerprint density at radius 3 is 2.59 bits per heavy atom. The van der Waals surface area contributed by atoms with Crippen molar-refractivity contribution in [1.29, 1.82) is 0 Å². The molecule has 0 unspecified atom stereocenters. The number of nitrogens with one attached hydrogen (secondary N) is 1. The highest BCUT2D eigenvalue weighted by Crippen LogP contribution is 2.01. The molecule has 2 aromatic rings. The van der Waals surface area contributed by atoms with Gasteiger partial charge in [0.15, 0.2) is 0 Å². The monoisotopic (exact) mass is 294 g/mol. The Bertz CT molecular complexity index is 616. The Morgan fingerprint density at radius 1 is 1.18 bits per heavy atom. The van der Waals surface area contributed by atoms with Crippen LogP contribution in [0.25, 0.3) is 0 Å². The van der Waals surface area contributed by atoms with Gasteiger partial charge in [-0.2, -0.15) is 0 Å². The lowest BCUT2D eigenvalue weighted by atomic mass is 10.1. The molecule has 0 atom stereocenters. The lowest BCUT2D eigenvalue weighted by Gasteiger charge is -2.04. The van der Waals surface area contributed by atoms with E-state index in [1.165, 1.54) is 10.8 Å². The van der Waals surface area contributed by atoms with E-state index in [2.05, 4.69) is 20.9 Å². The summed E-state index contributed by atoms with van der Waals surface area (Å²) < 4.78 is 1.56. The summed E-state index contributed by atoms with van der Waals surface area (Å²) in [5.41, 5.74) is 0.414. The molecule has 2 rings (SSSR count). The van der Waals surface area contributed by atoms with Gasteiger partial charge in [0.2, 0.25) is 0 Å². The molecule has 0 aliphatic carbocycles. The zero-order valence-electron chi connectivity index (χ0n) is 9.02. The summed E-state index contributed by atoms with van der Waals surface area (Å²) in [5.74, 6) is 0. The Morgan fingerprint density at radius 2 is 1.88 bits per heavy atom. The van der Waals surface area contributed by atoms with Gasteiger partial charge in [0.1, 0.15) is 0 Å². The summed E-state index contributed by atoms with van der Waals surface area (Å²) in [4.78, 5) is 25.7. The van der Waals surface area contributed by atoms with Crippen LogP contribution in [0.15, 0.2) is 50.6 Å². The molecule has 0 saturated heterocycles. The van der Waals surface area contributed by atoms with Gasteiger partial charge in [0.25, 0.3) is 5.56 Å². The topological polar surface area (TPSA) is 54.9 Å². The maximum atomic E-state index is 11.7. The number of rotatable bonds is 3. The van der Waals surface area contributed by atoms with Gasteiger partial charge in [-0.25, -0.2) is 4.79 Å². The number of halogens is 1. The Labute approximate surface area is 106 Å². The zero-order chi connectivity index (χ0) is 12.3. The average Bonchev–Trinajstić information content (AvgIpc) is 2.35. The number of aromatic amines is 1. The minimum atomic E-state index is -0.380. The Kier molecular flexibility index (Phi) is 3.58. The molecule has 1 aromatic heterocycles. The fraction of sp³-hybridized carbons (Fsp3) is 0.167. The molecule has 88 valence electrons. The van der Waals surface area contributed by atoms with Gasteiger partial charge in [-0.3, -0.25) is 9.36 Å². The van der Waals surface area contributed by atoms with Crippen molar-refractivity contribution < 1.29 is 0 Å². The zero-order valence-corrected chi connectivity index (χ0v) is 10.6. The number of benzene rings is 1. The van der Waals surface area contributed by atoms with E-state index in [4.69, 9.17) is 0 Å². The molecule has 0 radical (unpaired) electrons. The highest BCUT2D eigenvalue weighted by Gasteiger charge is 2.04. The van der Waals surface area contributed by atoms with Crippen molar-refractivity contribution in [2.24, 2.45) is 0 Å². The largest absolute Gasteiger partial charge is 0.328 e. The van der Waals surface area contributed by atoms with E-state index in [9.17, 15) is 9.59 Å². The van der Waals surface area contributed by atoms with Crippen LogP contribution >= 0.6 is 15.9 Å². The number of hydrogen-bond donors (Lipinski definition) is 1. The number of hydrogen-bond acceptors (Lipinski definition) is 2. The molecule has 0 fully saturated rings. The Balaban J connectivity index is 2.23. The van der Waals surface area contributed by atoms with E-state index in [-0.39, 0.29) is 11.2 Å². The first kappa shape index (κ1) is 11.9. The number of H-pyrrole nitrogens is 1. The fourth-order valence-corrected chi connectivity index (χ4v) is 1.90. The Hall–Kier alpha value is -1.62. The molecule has 1 aromatic carbocycles. The van der Waals surface area contributed by atoms with Crippen molar-refractivity contribution in [2.75, 3.05) is 0 Å². The minimum Gasteiger partial charge on any atom is -0.313 e. The predicted octanol–water partition coefficient (Wildman–Crippen LogP) is 1.54. The van der Waals surface area contributed by atoms with Gasteiger partial charge in [0.05, 0.1) is 4.47 Å². The molecule has 0 aliphatic heterocycles. The van der Waals surface area contributed by atoms with Crippen LogP contribution in [0.3, 0.4) is 0 Å². The molecular weight excluding hydrogens is 284 g/mol. The molecule has 0 saturated carbocycles. The number of aromatic nitrogens is 2. The molecule has 1 heterocycles. The van der Waals surface area contributed by atoms with Crippen molar-refractivity contribution in [1.82, 2.24) is 9.55 Å². The third-order valence-electron chi connectivity index (χ3n) is 2.48. The molecule has 0 spiro atoms. The molecule has 17 heavy (non-hydrogen) atoms. The van der Waals surface area contributed by atoms with Gasteiger partial charge < -0.3 is 4.98 Å². The second-order valence-electron chi connectivity index (χ2n) is 3.63. The molecule has 0 aliphatic rings. The smallest absolute Gasteiger partial charge is 0.313 e. The van der Waals surface area contributed by atoms with Crippen LogP contribution < -0.4 is 11.2 Å². The molecule has 0 bridgehead atoms. The predicted molar refractivity (Wildman–Crippen MR) is 69.2 cm³/mol. The van der Waals surface area contributed by atoms with Gasteiger partial charge in [0, 0.05) is 12.7 Å². The molecule has 1 N–H and O–H groups in total. The van der Waals surface area contributed by atoms with Crippen LogP contribution in [-0.4, -0.2) is 9.55 Å². The fourth-order valence-electron chi connectivity index (χ4n) is 1.57. The van der Waals surface area contributed by atoms with Crippen LogP contribution in [0.2, 0.25) is 0 Å². The van der Waals surface area contributed by atoms with Gasteiger partial charge in [-0.1, -0.05) is 30.3 Å². The van der Waals surface area contributed by atoms with Crippen LogP contribution in [0, 0.1) is 0 Å². The van der Waals surface area contributed by atoms with Crippen molar-refractivity contribution >= 4 is 15.9 Å². The summed E-state index contributed by atoms with van der Waals surface area (Å²) in [6, 6.07) is 9.74. The lowest BCUT2D eigenvalue weighted by Crippen LogP contribution is -2.35. The third-order valence-corrected chi connectivity index (χ3v) is 3.05. The number of aryl methyl sites for hydroxylation is 1. The first-order chi connectivity index (χ1) is 8.18. The maximum Gasteiger partial charge on any atom is 0.328 e. The van der Waals surface area contributed by atoms with Gasteiger partial charge >= 0.3 is 5.69 Å². The van der Waals surface area contributed by atoms with Crippen molar-refractivity contribution in [3.05, 3.63) is 67.4 Å². The second-order valence-corrected chi connectivity index (χ2v) is 4.49. The third kappa shape index (κ3) is 2.74. The standard InChI is InChI=1S/C12H11BrN2O2/c13-10-8-14-12(17)15(11(10)16)7-6-9-4-2-1-3-5-9/h1-5,8H,6-7H2,(H,14,17). The highest BCUT2D eigenvalue weighted by atomic mass is 79.9. The molecule has 4 nitrogen and oxygen atoms in total. The second kappa shape index (κ2) is 5.14. The van der Waals surface area contributed by atoms with Crippen LogP contribution in [0.5, 0.6) is 0 Å². The van der Waals surface area contributed by atoms with Crippen LogP contribution in [-0.2, 0) is 13.0 Å².